The molecule has 0 atom stereocenters. The van der Waals surface area contributed by atoms with Crippen LogP contribution in [-0.2, 0) is 11.2 Å². The standard InChI is InChI=1S/C13H13N3O3/c1-8-6-9(13(18)19)2-3-11(8)15-12(17)7-10-4-5-14-16-10/h2-6H,7H2,1H3,(H,14,16)(H,15,17)(H,18,19). The summed E-state index contributed by atoms with van der Waals surface area (Å²) in [6, 6.07) is 6.29. The van der Waals surface area contributed by atoms with Crippen molar-refractivity contribution in [1.82, 2.24) is 10.2 Å². The van der Waals surface area contributed by atoms with Crippen LogP contribution in [0.5, 0.6) is 0 Å². The predicted molar refractivity (Wildman–Crippen MR) is 69.1 cm³/mol. The van der Waals surface area contributed by atoms with Gasteiger partial charge in [0, 0.05) is 17.6 Å². The highest BCUT2D eigenvalue weighted by Gasteiger charge is 2.09. The molecule has 6 heteroatoms. The van der Waals surface area contributed by atoms with Crippen molar-refractivity contribution in [2.24, 2.45) is 0 Å². The molecule has 1 aromatic heterocycles. The average molecular weight is 259 g/mol. The number of hydrogen-bond acceptors (Lipinski definition) is 3. The van der Waals surface area contributed by atoms with Gasteiger partial charge in [-0.05, 0) is 36.8 Å². The van der Waals surface area contributed by atoms with Gasteiger partial charge in [-0.25, -0.2) is 4.79 Å². The molecule has 0 saturated heterocycles. The number of benzene rings is 1. The van der Waals surface area contributed by atoms with Crippen LogP contribution in [0.1, 0.15) is 21.6 Å². The van der Waals surface area contributed by atoms with Crippen molar-refractivity contribution in [1.29, 1.82) is 0 Å². The van der Waals surface area contributed by atoms with E-state index in [9.17, 15) is 9.59 Å². The molecule has 0 saturated carbocycles. The number of rotatable bonds is 4. The second-order valence-electron chi connectivity index (χ2n) is 4.14. The van der Waals surface area contributed by atoms with Crippen molar-refractivity contribution in [3.8, 4) is 0 Å². The Morgan fingerprint density at radius 3 is 2.74 bits per heavy atom. The maximum absolute atomic E-state index is 11.8. The molecule has 0 spiro atoms. The fraction of sp³-hybridized carbons (Fsp3) is 0.154. The Kier molecular flexibility index (Phi) is 3.61. The van der Waals surface area contributed by atoms with E-state index in [1.165, 1.54) is 12.1 Å². The van der Waals surface area contributed by atoms with Crippen molar-refractivity contribution < 1.29 is 14.7 Å². The molecule has 19 heavy (non-hydrogen) atoms. The number of aromatic nitrogens is 2. The molecule has 6 nitrogen and oxygen atoms in total. The highest BCUT2D eigenvalue weighted by molar-refractivity contribution is 5.94. The number of carbonyl (C=O) groups is 2. The second kappa shape index (κ2) is 5.34. The number of hydrogen-bond donors (Lipinski definition) is 3. The number of aromatic amines is 1. The van der Waals surface area contributed by atoms with Crippen LogP contribution in [-0.4, -0.2) is 27.2 Å². The van der Waals surface area contributed by atoms with Gasteiger partial charge in [-0.3, -0.25) is 9.89 Å². The highest BCUT2D eigenvalue weighted by atomic mass is 16.4. The van der Waals surface area contributed by atoms with Crippen LogP contribution in [0.4, 0.5) is 5.69 Å². The molecule has 2 rings (SSSR count). The van der Waals surface area contributed by atoms with Crippen molar-refractivity contribution in [3.05, 3.63) is 47.3 Å². The Morgan fingerprint density at radius 1 is 1.37 bits per heavy atom. The quantitative estimate of drug-likeness (QED) is 0.777. The monoisotopic (exact) mass is 259 g/mol. The average Bonchev–Trinajstić information content (AvgIpc) is 2.84. The van der Waals surface area contributed by atoms with Crippen LogP contribution < -0.4 is 5.32 Å². The van der Waals surface area contributed by atoms with Gasteiger partial charge in [-0.2, -0.15) is 5.10 Å². The van der Waals surface area contributed by atoms with Gasteiger partial charge in [-0.1, -0.05) is 0 Å². The van der Waals surface area contributed by atoms with Crippen LogP contribution in [0.2, 0.25) is 0 Å². The van der Waals surface area contributed by atoms with Gasteiger partial charge in [0.05, 0.1) is 12.0 Å². The lowest BCUT2D eigenvalue weighted by Crippen LogP contribution is -2.15. The van der Waals surface area contributed by atoms with E-state index >= 15 is 0 Å². The molecule has 2 aromatic rings. The van der Waals surface area contributed by atoms with E-state index in [0.717, 1.165) is 5.69 Å². The third-order valence-electron chi connectivity index (χ3n) is 2.66. The molecule has 1 heterocycles. The molecule has 0 fully saturated rings. The number of carboxylic acid groups (broad SMARTS) is 1. The Morgan fingerprint density at radius 2 is 2.16 bits per heavy atom. The molecule has 0 bridgehead atoms. The van der Waals surface area contributed by atoms with Gasteiger partial charge in [0.15, 0.2) is 0 Å². The predicted octanol–water partition coefficient (Wildman–Crippen LogP) is 1.60. The van der Waals surface area contributed by atoms with Crippen LogP contribution in [0.3, 0.4) is 0 Å². The molecule has 0 unspecified atom stereocenters. The van der Waals surface area contributed by atoms with E-state index in [2.05, 4.69) is 15.5 Å². The molecule has 1 amide bonds. The molecule has 0 aliphatic rings. The first-order chi connectivity index (χ1) is 9.06. The summed E-state index contributed by atoms with van der Waals surface area (Å²) in [6.45, 7) is 1.75. The van der Waals surface area contributed by atoms with Gasteiger partial charge in [0.2, 0.25) is 5.91 Å². The zero-order valence-corrected chi connectivity index (χ0v) is 10.3. The number of amides is 1. The van der Waals surface area contributed by atoms with E-state index in [1.807, 2.05) is 0 Å². The fourth-order valence-corrected chi connectivity index (χ4v) is 1.69. The van der Waals surface area contributed by atoms with Gasteiger partial charge in [0.25, 0.3) is 0 Å². The lowest BCUT2D eigenvalue weighted by atomic mass is 10.1. The summed E-state index contributed by atoms with van der Waals surface area (Å²) in [5.74, 6) is -1.17. The first-order valence-corrected chi connectivity index (χ1v) is 5.68. The largest absolute Gasteiger partial charge is 0.478 e. The number of nitrogens with zero attached hydrogens (tertiary/aromatic N) is 1. The summed E-state index contributed by atoms with van der Waals surface area (Å²) in [7, 11) is 0. The normalized spacial score (nSPS) is 10.2. The smallest absolute Gasteiger partial charge is 0.335 e. The molecular formula is C13H13N3O3. The van der Waals surface area contributed by atoms with Crippen molar-refractivity contribution in [3.63, 3.8) is 0 Å². The maximum atomic E-state index is 11.8. The number of nitrogens with one attached hydrogen (secondary N) is 2. The Labute approximate surface area is 109 Å². The minimum atomic E-state index is -0.988. The molecular weight excluding hydrogens is 246 g/mol. The molecule has 0 radical (unpaired) electrons. The summed E-state index contributed by atoms with van der Waals surface area (Å²) < 4.78 is 0. The molecule has 0 aliphatic heterocycles. The summed E-state index contributed by atoms with van der Waals surface area (Å²) in [5, 5.41) is 18.1. The first-order valence-electron chi connectivity index (χ1n) is 5.68. The number of aryl methyl sites for hydroxylation is 1. The Hall–Kier alpha value is -2.63. The third kappa shape index (κ3) is 3.19. The van der Waals surface area contributed by atoms with Crippen LogP contribution in [0, 0.1) is 6.92 Å². The summed E-state index contributed by atoms with van der Waals surface area (Å²) >= 11 is 0. The third-order valence-corrected chi connectivity index (χ3v) is 2.66. The van der Waals surface area contributed by atoms with Gasteiger partial charge >= 0.3 is 5.97 Å². The lowest BCUT2D eigenvalue weighted by Gasteiger charge is -2.08. The minimum absolute atomic E-state index is 0.185. The fourth-order valence-electron chi connectivity index (χ4n) is 1.69. The van der Waals surface area contributed by atoms with Crippen LogP contribution in [0.15, 0.2) is 30.5 Å². The Balaban J connectivity index is 2.07. The zero-order chi connectivity index (χ0) is 13.8. The number of carboxylic acids is 1. The number of anilines is 1. The first kappa shape index (κ1) is 12.8. The van der Waals surface area contributed by atoms with Gasteiger partial charge in [-0.15, -0.1) is 0 Å². The molecule has 1 aromatic carbocycles. The molecule has 0 aliphatic carbocycles. The number of carbonyl (C=O) groups excluding carboxylic acids is 1. The van der Waals surface area contributed by atoms with Gasteiger partial charge in [0.1, 0.15) is 0 Å². The van der Waals surface area contributed by atoms with E-state index in [0.29, 0.717) is 11.3 Å². The Bertz CT molecular complexity index is 606. The number of aromatic carboxylic acids is 1. The lowest BCUT2D eigenvalue weighted by molar-refractivity contribution is -0.115. The molecule has 3 N–H and O–H groups in total. The second-order valence-corrected chi connectivity index (χ2v) is 4.14. The van der Waals surface area contributed by atoms with Crippen LogP contribution >= 0.6 is 0 Å². The van der Waals surface area contributed by atoms with Gasteiger partial charge < -0.3 is 10.4 Å². The van der Waals surface area contributed by atoms with Crippen molar-refractivity contribution >= 4 is 17.6 Å². The van der Waals surface area contributed by atoms with E-state index in [1.54, 1.807) is 25.3 Å². The summed E-state index contributed by atoms with van der Waals surface area (Å²) in [4.78, 5) is 22.6. The van der Waals surface area contributed by atoms with E-state index < -0.39 is 5.97 Å². The maximum Gasteiger partial charge on any atom is 0.335 e. The highest BCUT2D eigenvalue weighted by Crippen LogP contribution is 2.16. The summed E-state index contributed by atoms with van der Waals surface area (Å²) in [5.41, 5.74) is 2.23. The SMILES string of the molecule is Cc1cc(C(=O)O)ccc1NC(=O)Cc1ccn[nH]1. The van der Waals surface area contributed by atoms with E-state index in [4.69, 9.17) is 5.11 Å². The minimum Gasteiger partial charge on any atom is -0.478 e. The number of H-pyrrole nitrogens is 1. The molecule has 98 valence electrons. The summed E-state index contributed by atoms with van der Waals surface area (Å²) in [6.07, 6.45) is 1.77. The van der Waals surface area contributed by atoms with Crippen molar-refractivity contribution in [2.45, 2.75) is 13.3 Å². The van der Waals surface area contributed by atoms with Crippen molar-refractivity contribution in [2.75, 3.05) is 5.32 Å². The van der Waals surface area contributed by atoms with E-state index in [-0.39, 0.29) is 17.9 Å². The topological polar surface area (TPSA) is 95.1 Å². The zero-order valence-electron chi connectivity index (χ0n) is 10.3. The van der Waals surface area contributed by atoms with Crippen LogP contribution in [0.25, 0.3) is 0 Å².